The van der Waals surface area contributed by atoms with Crippen LogP contribution < -0.4 is 0 Å². The third-order valence-electron chi connectivity index (χ3n) is 1.92. The summed E-state index contributed by atoms with van der Waals surface area (Å²) in [5.41, 5.74) is 1.75. The van der Waals surface area contributed by atoms with Crippen molar-refractivity contribution in [3.8, 4) is 0 Å². The summed E-state index contributed by atoms with van der Waals surface area (Å²) in [6.45, 7) is 20.1. The van der Waals surface area contributed by atoms with E-state index in [1.165, 1.54) is 0 Å². The Balaban J connectivity index is 3.32. The quantitative estimate of drug-likeness (QED) is 0.239. The zero-order valence-corrected chi connectivity index (χ0v) is 12.9. The average molecular weight is 286 g/mol. The van der Waals surface area contributed by atoms with Crippen LogP contribution >= 0.6 is 21.6 Å². The third-order valence-corrected chi connectivity index (χ3v) is 4.25. The van der Waals surface area contributed by atoms with Gasteiger partial charge >= 0.3 is 0 Å². The second-order valence-corrected chi connectivity index (χ2v) is 6.45. The Morgan fingerprint density at radius 1 is 0.778 bits per heavy atom. The molecule has 0 heterocycles. The molecule has 0 aliphatic heterocycles. The Morgan fingerprint density at radius 2 is 1.11 bits per heavy atom. The van der Waals surface area contributed by atoms with Gasteiger partial charge in [0.05, 0.1) is 13.2 Å². The van der Waals surface area contributed by atoms with E-state index in [4.69, 9.17) is 9.47 Å². The van der Waals surface area contributed by atoms with E-state index in [9.17, 15) is 0 Å². The first-order chi connectivity index (χ1) is 8.45. The molecule has 0 radical (unpaired) electrons. The Labute approximate surface area is 119 Å². The molecule has 0 N–H and O–H groups in total. The molecule has 102 valence electrons. The minimum atomic E-state index is 0.655. The minimum absolute atomic E-state index is 0.655. The maximum Gasteiger partial charge on any atom is 0.114 e. The predicted molar refractivity (Wildman–Crippen MR) is 84.7 cm³/mol. The largest absolute Gasteiger partial charge is 0.493 e. The Bertz CT molecular complexity index is 290. The van der Waals surface area contributed by atoms with E-state index in [0.717, 1.165) is 22.7 Å². The third kappa shape index (κ3) is 9.31. The zero-order chi connectivity index (χ0) is 14.0. The van der Waals surface area contributed by atoms with Gasteiger partial charge in [0.1, 0.15) is 11.5 Å². The molecule has 0 saturated carbocycles. The van der Waals surface area contributed by atoms with Crippen LogP contribution in [0.2, 0.25) is 0 Å². The molecular formula is C14H22O2S2. The van der Waals surface area contributed by atoms with E-state index in [1.807, 2.05) is 13.8 Å². The van der Waals surface area contributed by atoms with Crippen molar-refractivity contribution in [3.05, 3.63) is 49.0 Å². The monoisotopic (exact) mass is 286 g/mol. The summed E-state index contributed by atoms with van der Waals surface area (Å²) in [5, 5.41) is 0. The predicted octanol–water partition coefficient (Wildman–Crippen LogP) is 4.58. The SMILES string of the molecule is C=C(C)C(=C)OCCSSCCOC(=C)C(=C)C. The summed E-state index contributed by atoms with van der Waals surface area (Å²) in [6, 6.07) is 0. The molecule has 0 unspecified atom stereocenters. The zero-order valence-electron chi connectivity index (χ0n) is 11.3. The molecule has 0 amide bonds. The number of ether oxygens (including phenoxy) is 2. The van der Waals surface area contributed by atoms with E-state index in [-0.39, 0.29) is 0 Å². The fourth-order valence-electron chi connectivity index (χ4n) is 0.762. The second kappa shape index (κ2) is 10.2. The summed E-state index contributed by atoms with van der Waals surface area (Å²) >= 11 is 0. The molecule has 0 aliphatic carbocycles. The molecule has 0 fully saturated rings. The summed E-state index contributed by atoms with van der Waals surface area (Å²) in [6.07, 6.45) is 0. The number of allylic oxidation sites excluding steroid dienone is 2. The first-order valence-electron chi connectivity index (χ1n) is 5.64. The normalized spacial score (nSPS) is 9.67. The van der Waals surface area contributed by atoms with Crippen molar-refractivity contribution in [1.82, 2.24) is 0 Å². The summed E-state index contributed by atoms with van der Waals surface area (Å²) in [5.74, 6) is 3.17. The lowest BCUT2D eigenvalue weighted by Gasteiger charge is -2.09. The van der Waals surface area contributed by atoms with Crippen LogP contribution in [0.15, 0.2) is 49.0 Å². The molecule has 0 aromatic rings. The minimum Gasteiger partial charge on any atom is -0.493 e. The van der Waals surface area contributed by atoms with Gasteiger partial charge in [0, 0.05) is 11.5 Å². The summed E-state index contributed by atoms with van der Waals surface area (Å²) < 4.78 is 10.8. The van der Waals surface area contributed by atoms with E-state index < -0.39 is 0 Å². The first-order valence-corrected chi connectivity index (χ1v) is 8.13. The number of hydrogen-bond acceptors (Lipinski definition) is 4. The number of rotatable bonds is 11. The first kappa shape index (κ1) is 17.3. The van der Waals surface area contributed by atoms with Gasteiger partial charge in [-0.05, 0) is 25.0 Å². The van der Waals surface area contributed by atoms with Crippen molar-refractivity contribution >= 4 is 21.6 Å². The van der Waals surface area contributed by atoms with E-state index >= 15 is 0 Å². The standard InChI is InChI=1S/C14H22O2S2/c1-11(2)13(5)15-7-9-17-18-10-8-16-14(6)12(3)4/h1,3,5-10H2,2,4H3. The van der Waals surface area contributed by atoms with Crippen molar-refractivity contribution in [1.29, 1.82) is 0 Å². The molecule has 0 bridgehead atoms. The van der Waals surface area contributed by atoms with Gasteiger partial charge in [-0.25, -0.2) is 0 Å². The van der Waals surface area contributed by atoms with Crippen LogP contribution in [0.1, 0.15) is 13.8 Å². The van der Waals surface area contributed by atoms with Gasteiger partial charge in [-0.2, -0.15) is 0 Å². The molecule has 0 rings (SSSR count). The Morgan fingerprint density at radius 3 is 1.39 bits per heavy atom. The van der Waals surface area contributed by atoms with Crippen LogP contribution in [-0.2, 0) is 9.47 Å². The van der Waals surface area contributed by atoms with E-state index in [2.05, 4.69) is 26.3 Å². The second-order valence-electron chi connectivity index (χ2n) is 3.75. The van der Waals surface area contributed by atoms with Gasteiger partial charge in [-0.3, -0.25) is 0 Å². The Hall–Kier alpha value is -0.740. The van der Waals surface area contributed by atoms with Crippen molar-refractivity contribution < 1.29 is 9.47 Å². The van der Waals surface area contributed by atoms with Crippen molar-refractivity contribution in [2.45, 2.75) is 13.8 Å². The lowest BCUT2D eigenvalue weighted by atomic mass is 10.3. The molecule has 0 atom stereocenters. The highest BCUT2D eigenvalue weighted by Crippen LogP contribution is 2.21. The smallest absolute Gasteiger partial charge is 0.114 e. The van der Waals surface area contributed by atoms with Crippen molar-refractivity contribution in [3.63, 3.8) is 0 Å². The highest BCUT2D eigenvalue weighted by atomic mass is 33.1. The summed E-state index contributed by atoms with van der Waals surface area (Å²) in [4.78, 5) is 0. The highest BCUT2D eigenvalue weighted by Gasteiger charge is 1.98. The molecular weight excluding hydrogens is 264 g/mol. The van der Waals surface area contributed by atoms with Gasteiger partial charge in [-0.15, -0.1) is 0 Å². The molecule has 0 aromatic carbocycles. The maximum absolute atomic E-state index is 5.39. The molecule has 0 aromatic heterocycles. The Kier molecular flexibility index (Phi) is 9.79. The molecule has 0 saturated heterocycles. The molecule has 0 aliphatic rings. The van der Waals surface area contributed by atoms with Crippen LogP contribution in [0.4, 0.5) is 0 Å². The van der Waals surface area contributed by atoms with Crippen molar-refractivity contribution in [2.24, 2.45) is 0 Å². The maximum atomic E-state index is 5.39. The van der Waals surface area contributed by atoms with Gasteiger partial charge in [0.25, 0.3) is 0 Å². The van der Waals surface area contributed by atoms with Crippen LogP contribution in [0.3, 0.4) is 0 Å². The van der Waals surface area contributed by atoms with E-state index in [0.29, 0.717) is 24.7 Å². The lowest BCUT2D eigenvalue weighted by Crippen LogP contribution is -1.98. The van der Waals surface area contributed by atoms with Crippen LogP contribution in [-0.4, -0.2) is 24.7 Å². The van der Waals surface area contributed by atoms with E-state index in [1.54, 1.807) is 21.6 Å². The van der Waals surface area contributed by atoms with Crippen LogP contribution in [0.5, 0.6) is 0 Å². The average Bonchev–Trinajstić information content (AvgIpc) is 2.31. The molecule has 0 spiro atoms. The fraction of sp³-hybridized carbons (Fsp3) is 0.429. The lowest BCUT2D eigenvalue weighted by molar-refractivity contribution is 0.242. The molecule has 4 heteroatoms. The number of hydrogen-bond donors (Lipinski definition) is 0. The fourth-order valence-corrected chi connectivity index (χ4v) is 2.42. The molecule has 2 nitrogen and oxygen atoms in total. The highest BCUT2D eigenvalue weighted by molar-refractivity contribution is 8.76. The summed E-state index contributed by atoms with van der Waals surface area (Å²) in [7, 11) is 3.51. The van der Waals surface area contributed by atoms with Gasteiger partial charge in [0.15, 0.2) is 0 Å². The molecule has 18 heavy (non-hydrogen) atoms. The van der Waals surface area contributed by atoms with Gasteiger partial charge < -0.3 is 9.47 Å². The van der Waals surface area contributed by atoms with Gasteiger partial charge in [0.2, 0.25) is 0 Å². The topological polar surface area (TPSA) is 18.5 Å². The van der Waals surface area contributed by atoms with Crippen LogP contribution in [0.25, 0.3) is 0 Å². The van der Waals surface area contributed by atoms with Crippen LogP contribution in [0, 0.1) is 0 Å². The van der Waals surface area contributed by atoms with Gasteiger partial charge in [-0.1, -0.05) is 47.9 Å². The van der Waals surface area contributed by atoms with Crippen molar-refractivity contribution in [2.75, 3.05) is 24.7 Å².